The topological polar surface area (TPSA) is 402 Å². The summed E-state index contributed by atoms with van der Waals surface area (Å²) >= 11 is 0. The molecule has 4 aliphatic rings. The van der Waals surface area contributed by atoms with E-state index < -0.39 is 141 Å². The number of nitrogens with two attached hydrogens (primary N) is 6. The van der Waals surface area contributed by atoms with E-state index in [1.807, 2.05) is 0 Å². The maximum atomic E-state index is 12.7. The molecule has 0 spiro atoms. The molecule has 22 heteroatoms. The Balaban J connectivity index is 1.59. The third-order valence-corrected chi connectivity index (χ3v) is 9.60. The Bertz CT molecular complexity index is 1090. The first-order chi connectivity index (χ1) is 23.6. The molecule has 0 radical (unpaired) electrons. The number of carbonyl (C=O) groups excluding carboxylic acids is 1. The van der Waals surface area contributed by atoms with E-state index >= 15 is 0 Å². The van der Waals surface area contributed by atoms with Crippen LogP contribution >= 0.6 is 0 Å². The smallest absolute Gasteiger partial charge is 0.249 e. The molecule has 3 saturated heterocycles. The standard InChI is InChI=1S/C28H55N7O15/c1-7(31)21-10(38)4-8(32)26(47-21)49-23-13(33)17(40)15(35-25(44)9(37)2-3-29)19(42)24(23)50-28-20(43)22(12(6-36)46-28)48-27-14(34)18(41)16(39)11(5-30)45-27/h7-24,26-28,36-43H,2-6,29-34H2,1H3,(H,35,44)/t7-,8-,9+,10+,11+,12-,13+,14-,15-,16-,17+,18-,19+,20-,21-,22-,23-,24-,26-,27-,28+/m1/s1. The van der Waals surface area contributed by atoms with Crippen LogP contribution in [0.25, 0.3) is 0 Å². The third-order valence-electron chi connectivity index (χ3n) is 9.60. The Morgan fingerprint density at radius 3 is 2.02 bits per heavy atom. The quantitative estimate of drug-likeness (QED) is 0.0836. The molecule has 1 amide bonds. The zero-order valence-corrected chi connectivity index (χ0v) is 27.6. The summed E-state index contributed by atoms with van der Waals surface area (Å²) < 4.78 is 35.2. The Morgan fingerprint density at radius 1 is 0.800 bits per heavy atom. The van der Waals surface area contributed by atoms with Crippen LogP contribution in [0.5, 0.6) is 0 Å². The van der Waals surface area contributed by atoms with Crippen LogP contribution in [0.2, 0.25) is 0 Å². The number of aliphatic hydroxyl groups is 8. The van der Waals surface area contributed by atoms with Crippen LogP contribution < -0.4 is 39.7 Å². The lowest BCUT2D eigenvalue weighted by molar-refractivity contribution is -0.305. The highest BCUT2D eigenvalue weighted by atomic mass is 16.8. The van der Waals surface area contributed by atoms with Gasteiger partial charge in [-0.1, -0.05) is 0 Å². The lowest BCUT2D eigenvalue weighted by atomic mass is 9.81. The van der Waals surface area contributed by atoms with Gasteiger partial charge in [-0.3, -0.25) is 4.79 Å². The van der Waals surface area contributed by atoms with E-state index in [0.29, 0.717) is 0 Å². The summed E-state index contributed by atoms with van der Waals surface area (Å²) in [7, 11) is 0. The second-order valence-electron chi connectivity index (χ2n) is 13.3. The first-order valence-corrected chi connectivity index (χ1v) is 16.6. The zero-order valence-electron chi connectivity index (χ0n) is 27.6. The largest absolute Gasteiger partial charge is 0.394 e. The van der Waals surface area contributed by atoms with Crippen LogP contribution in [0, 0.1) is 0 Å². The number of aliphatic hydroxyl groups excluding tert-OH is 8. The van der Waals surface area contributed by atoms with Crippen LogP contribution in [0.3, 0.4) is 0 Å². The van der Waals surface area contributed by atoms with Crippen molar-refractivity contribution in [3.63, 3.8) is 0 Å². The third kappa shape index (κ3) is 8.72. The Kier molecular flexibility index (Phi) is 14.6. The van der Waals surface area contributed by atoms with E-state index in [9.17, 15) is 45.6 Å². The predicted molar refractivity (Wildman–Crippen MR) is 167 cm³/mol. The van der Waals surface area contributed by atoms with E-state index in [1.165, 1.54) is 0 Å². The molecule has 50 heavy (non-hydrogen) atoms. The van der Waals surface area contributed by atoms with Gasteiger partial charge in [-0.15, -0.1) is 0 Å². The number of amides is 1. The van der Waals surface area contributed by atoms with Crippen LogP contribution in [0.4, 0.5) is 0 Å². The van der Waals surface area contributed by atoms with Gasteiger partial charge in [-0.25, -0.2) is 0 Å². The minimum absolute atomic E-state index is 0.00304. The van der Waals surface area contributed by atoms with E-state index in [2.05, 4.69) is 5.32 Å². The van der Waals surface area contributed by atoms with Crippen molar-refractivity contribution in [3.05, 3.63) is 0 Å². The zero-order chi connectivity index (χ0) is 37.2. The number of hydrogen-bond donors (Lipinski definition) is 15. The van der Waals surface area contributed by atoms with Crippen LogP contribution in [-0.2, 0) is 33.2 Å². The molecular formula is C28H55N7O15. The lowest BCUT2D eigenvalue weighted by Gasteiger charge is -2.49. The number of carbonyl (C=O) groups is 1. The van der Waals surface area contributed by atoms with E-state index in [1.54, 1.807) is 6.92 Å². The molecule has 0 aromatic carbocycles. The van der Waals surface area contributed by atoms with Gasteiger partial charge in [-0.2, -0.15) is 0 Å². The van der Waals surface area contributed by atoms with Gasteiger partial charge < -0.3 is 109 Å². The monoisotopic (exact) mass is 729 g/mol. The Hall–Kier alpha value is -1.33. The van der Waals surface area contributed by atoms with Crippen molar-refractivity contribution in [1.29, 1.82) is 0 Å². The average Bonchev–Trinajstić information content (AvgIpc) is 3.37. The summed E-state index contributed by atoms with van der Waals surface area (Å²) in [6.07, 6.45) is -23.3. The highest BCUT2D eigenvalue weighted by Crippen LogP contribution is 2.35. The number of nitrogens with one attached hydrogen (secondary N) is 1. The summed E-state index contributed by atoms with van der Waals surface area (Å²) in [5, 5.41) is 87.7. The molecular weight excluding hydrogens is 674 g/mol. The molecule has 0 bridgehead atoms. The van der Waals surface area contributed by atoms with Crippen molar-refractivity contribution in [3.8, 4) is 0 Å². The summed E-state index contributed by atoms with van der Waals surface area (Å²) in [4.78, 5) is 12.7. The van der Waals surface area contributed by atoms with E-state index in [4.69, 9.17) is 62.8 Å². The molecule has 1 aliphatic carbocycles. The van der Waals surface area contributed by atoms with Crippen molar-refractivity contribution in [2.45, 2.75) is 148 Å². The molecule has 21 N–H and O–H groups in total. The maximum Gasteiger partial charge on any atom is 0.249 e. The normalized spacial score (nSPS) is 48.3. The molecule has 22 nitrogen and oxygen atoms in total. The van der Waals surface area contributed by atoms with Gasteiger partial charge in [-0.05, 0) is 26.3 Å². The van der Waals surface area contributed by atoms with Gasteiger partial charge in [0.25, 0.3) is 0 Å². The summed E-state index contributed by atoms with van der Waals surface area (Å²) in [6.45, 7) is 0.610. The van der Waals surface area contributed by atoms with Crippen LogP contribution in [0.15, 0.2) is 0 Å². The Morgan fingerprint density at radius 2 is 1.42 bits per heavy atom. The van der Waals surface area contributed by atoms with E-state index in [0.717, 1.165) is 0 Å². The minimum Gasteiger partial charge on any atom is -0.394 e. The molecule has 4 rings (SSSR count). The van der Waals surface area contributed by atoms with Gasteiger partial charge in [0.2, 0.25) is 5.91 Å². The van der Waals surface area contributed by atoms with Gasteiger partial charge in [0.1, 0.15) is 67.1 Å². The number of ether oxygens (including phenoxy) is 6. The van der Waals surface area contributed by atoms with Crippen molar-refractivity contribution < 1.29 is 74.1 Å². The summed E-state index contributed by atoms with van der Waals surface area (Å²) in [6, 6.07) is -5.93. The molecule has 0 aromatic heterocycles. The van der Waals surface area contributed by atoms with Crippen LogP contribution in [0.1, 0.15) is 19.8 Å². The van der Waals surface area contributed by atoms with Gasteiger partial charge in [0.05, 0.1) is 43.0 Å². The first kappa shape index (κ1) is 41.4. The molecule has 4 fully saturated rings. The van der Waals surface area contributed by atoms with E-state index in [-0.39, 0.29) is 25.9 Å². The van der Waals surface area contributed by atoms with Gasteiger partial charge in [0.15, 0.2) is 18.9 Å². The molecule has 3 heterocycles. The SMILES string of the molecule is C[C@@H](N)[C@H]1O[C@H](O[C@@H]2[C@@H](N)[C@H](O)[C@@H](NC(=O)[C@@H](O)CCN)[C@H](O)[C@H]2O[C@@H]2O[C@H](CO)[C@@H](O[C@H]3O[C@@H](CN)[C@@H](O)[C@H](O)[C@H]3N)[C@H]2O)[C@H](N)C[C@@H]1O. The first-order valence-electron chi connectivity index (χ1n) is 16.6. The fourth-order valence-corrected chi connectivity index (χ4v) is 6.64. The summed E-state index contributed by atoms with van der Waals surface area (Å²) in [5.74, 6) is -0.979. The number of hydrogen-bond acceptors (Lipinski definition) is 21. The second-order valence-corrected chi connectivity index (χ2v) is 13.3. The molecule has 21 atom stereocenters. The molecule has 292 valence electrons. The fraction of sp³-hybridized carbons (Fsp3) is 0.964. The highest BCUT2D eigenvalue weighted by Gasteiger charge is 2.56. The van der Waals surface area contributed by atoms with Gasteiger partial charge >= 0.3 is 0 Å². The Labute approximate surface area is 287 Å². The average molecular weight is 730 g/mol. The second kappa shape index (κ2) is 17.7. The van der Waals surface area contributed by atoms with Crippen molar-refractivity contribution in [1.82, 2.24) is 5.32 Å². The number of rotatable bonds is 13. The molecule has 1 saturated carbocycles. The van der Waals surface area contributed by atoms with Crippen molar-refractivity contribution in [2.75, 3.05) is 19.7 Å². The van der Waals surface area contributed by atoms with Crippen molar-refractivity contribution >= 4 is 5.91 Å². The molecule has 0 aromatic rings. The van der Waals surface area contributed by atoms with Gasteiger partial charge in [0, 0.05) is 12.6 Å². The maximum absolute atomic E-state index is 12.7. The summed E-state index contributed by atoms with van der Waals surface area (Å²) in [5.41, 5.74) is 35.7. The fourth-order valence-electron chi connectivity index (χ4n) is 6.64. The highest BCUT2D eigenvalue weighted by molar-refractivity contribution is 5.80. The lowest BCUT2D eigenvalue weighted by Crippen LogP contribution is -2.73. The molecule has 3 aliphatic heterocycles. The van der Waals surface area contributed by atoms with Crippen molar-refractivity contribution in [2.24, 2.45) is 34.4 Å². The van der Waals surface area contributed by atoms with Crippen LogP contribution in [-0.4, -0.2) is 195 Å². The predicted octanol–water partition coefficient (Wildman–Crippen LogP) is -9.64. The minimum atomic E-state index is -1.86. The molecule has 0 unspecified atom stereocenters.